The smallest absolute Gasteiger partial charge is 0.132 e. The highest BCUT2D eigenvalue weighted by Gasteiger charge is 2.39. The van der Waals surface area contributed by atoms with Gasteiger partial charge in [-0.3, -0.25) is 4.79 Å². The molecule has 0 aromatic carbocycles. The first kappa shape index (κ1) is 21.5. The minimum atomic E-state index is -0.875. The molecule has 1 saturated heterocycles. The molecule has 24 heavy (non-hydrogen) atoms. The van der Waals surface area contributed by atoms with Gasteiger partial charge in [-0.15, -0.1) is 0 Å². The Kier molecular flexibility index (Phi) is 11.5. The fraction of sp³-hybridized carbons (Fsp3) is 0.944. The van der Waals surface area contributed by atoms with Gasteiger partial charge in [-0.05, 0) is 19.3 Å². The Labute approximate surface area is 145 Å². The molecule has 6 nitrogen and oxygen atoms in total. The quantitative estimate of drug-likeness (QED) is 0.299. The van der Waals surface area contributed by atoms with Crippen molar-refractivity contribution in [2.75, 3.05) is 13.2 Å². The van der Waals surface area contributed by atoms with Crippen LogP contribution in [0.25, 0.3) is 0 Å². The molecular formula is C18H35NO5. The molecule has 0 aromatic heterocycles. The number of nitrogens with one attached hydrogen (secondary N) is 1. The van der Waals surface area contributed by atoms with E-state index in [0.29, 0.717) is 19.3 Å². The standard InChI is InChI=1S/C18H35NO5/c20-12-8-10-14(22)9-6-4-2-1-3-5-7-11-15-17(23)18(24)16(13-21)19-15/h15-21,23-24H,1-13H2/t15-,16-,17-,18-/m1/s1. The van der Waals surface area contributed by atoms with E-state index >= 15 is 0 Å². The van der Waals surface area contributed by atoms with Crippen molar-refractivity contribution < 1.29 is 25.2 Å². The summed E-state index contributed by atoms with van der Waals surface area (Å²) in [5.41, 5.74) is 0. The molecule has 142 valence electrons. The van der Waals surface area contributed by atoms with E-state index in [1.165, 1.54) is 0 Å². The van der Waals surface area contributed by atoms with Crippen LogP contribution in [0.3, 0.4) is 0 Å². The molecule has 1 heterocycles. The Morgan fingerprint density at radius 1 is 0.750 bits per heavy atom. The van der Waals surface area contributed by atoms with Gasteiger partial charge in [0.1, 0.15) is 5.78 Å². The summed E-state index contributed by atoms with van der Waals surface area (Å²) in [6.07, 6.45) is 8.45. The molecule has 0 saturated carbocycles. The number of rotatable bonds is 14. The zero-order valence-electron chi connectivity index (χ0n) is 14.7. The van der Waals surface area contributed by atoms with E-state index < -0.39 is 18.2 Å². The second-order valence-corrected chi connectivity index (χ2v) is 6.92. The van der Waals surface area contributed by atoms with Gasteiger partial charge < -0.3 is 25.7 Å². The van der Waals surface area contributed by atoms with Gasteiger partial charge in [0.2, 0.25) is 0 Å². The first-order valence-electron chi connectivity index (χ1n) is 9.45. The molecule has 0 amide bonds. The molecule has 0 radical (unpaired) electrons. The number of hydrogen-bond acceptors (Lipinski definition) is 6. The molecule has 1 aliphatic rings. The molecule has 0 aromatic rings. The first-order chi connectivity index (χ1) is 11.6. The number of ketones is 1. The van der Waals surface area contributed by atoms with E-state index in [0.717, 1.165) is 51.4 Å². The maximum absolute atomic E-state index is 11.4. The minimum absolute atomic E-state index is 0.0960. The number of carbonyl (C=O) groups excluding carboxylic acids is 1. The number of aliphatic hydroxyl groups is 4. The summed E-state index contributed by atoms with van der Waals surface area (Å²) in [5, 5.41) is 40.5. The molecule has 4 atom stereocenters. The normalized spacial score (nSPS) is 26.8. The van der Waals surface area contributed by atoms with E-state index in [2.05, 4.69) is 5.32 Å². The summed E-state index contributed by atoms with van der Waals surface area (Å²) in [6, 6.07) is -0.535. The van der Waals surface area contributed by atoms with Crippen molar-refractivity contribution >= 4 is 5.78 Å². The van der Waals surface area contributed by atoms with E-state index in [1.807, 2.05) is 0 Å². The monoisotopic (exact) mass is 345 g/mol. The maximum atomic E-state index is 11.4. The molecular weight excluding hydrogens is 310 g/mol. The topological polar surface area (TPSA) is 110 Å². The molecule has 0 bridgehead atoms. The van der Waals surface area contributed by atoms with Gasteiger partial charge in [-0.25, -0.2) is 0 Å². The Balaban J connectivity index is 1.91. The van der Waals surface area contributed by atoms with Crippen molar-refractivity contribution in [2.45, 2.75) is 94.9 Å². The van der Waals surface area contributed by atoms with Gasteiger partial charge in [0, 0.05) is 25.5 Å². The third-order valence-electron chi connectivity index (χ3n) is 4.88. The highest BCUT2D eigenvalue weighted by atomic mass is 16.3. The summed E-state index contributed by atoms with van der Waals surface area (Å²) >= 11 is 0. The molecule has 1 fully saturated rings. The van der Waals surface area contributed by atoms with Crippen LogP contribution in [0.1, 0.15) is 70.6 Å². The highest BCUT2D eigenvalue weighted by molar-refractivity contribution is 5.78. The largest absolute Gasteiger partial charge is 0.396 e. The van der Waals surface area contributed by atoms with Crippen LogP contribution in [0.15, 0.2) is 0 Å². The first-order valence-corrected chi connectivity index (χ1v) is 9.45. The van der Waals surface area contributed by atoms with Crippen LogP contribution in [0.2, 0.25) is 0 Å². The van der Waals surface area contributed by atoms with Crippen molar-refractivity contribution in [3.63, 3.8) is 0 Å². The van der Waals surface area contributed by atoms with Crippen LogP contribution in [-0.4, -0.2) is 63.7 Å². The SMILES string of the molecule is O=C(CCCO)CCCCCCCCC[C@H]1N[C@H](CO)[C@@H](O)[C@@H]1O. The van der Waals surface area contributed by atoms with E-state index in [9.17, 15) is 15.0 Å². The summed E-state index contributed by atoms with van der Waals surface area (Å²) in [7, 11) is 0. The second-order valence-electron chi connectivity index (χ2n) is 6.92. The average molecular weight is 345 g/mol. The third kappa shape index (κ3) is 8.03. The maximum Gasteiger partial charge on any atom is 0.132 e. The molecule has 0 aliphatic carbocycles. The van der Waals surface area contributed by atoms with Crippen LogP contribution < -0.4 is 5.32 Å². The summed E-state index contributed by atoms with van der Waals surface area (Å²) in [6.45, 7) is -0.0595. The summed E-state index contributed by atoms with van der Waals surface area (Å²) in [5.74, 6) is 0.259. The number of Topliss-reactive ketones (excluding diaryl/α,β-unsaturated/α-hetero) is 1. The lowest BCUT2D eigenvalue weighted by Gasteiger charge is -2.15. The number of unbranched alkanes of at least 4 members (excludes halogenated alkanes) is 6. The van der Waals surface area contributed by atoms with Gasteiger partial charge in [-0.2, -0.15) is 0 Å². The van der Waals surface area contributed by atoms with Crippen molar-refractivity contribution in [1.82, 2.24) is 5.32 Å². The molecule has 0 spiro atoms. The third-order valence-corrected chi connectivity index (χ3v) is 4.88. The van der Waals surface area contributed by atoms with Crippen LogP contribution in [0.4, 0.5) is 0 Å². The number of carbonyl (C=O) groups is 1. The van der Waals surface area contributed by atoms with Crippen LogP contribution >= 0.6 is 0 Å². The Hall–Kier alpha value is -0.530. The lowest BCUT2D eigenvalue weighted by atomic mass is 10.0. The lowest BCUT2D eigenvalue weighted by molar-refractivity contribution is -0.119. The highest BCUT2D eigenvalue weighted by Crippen LogP contribution is 2.19. The fourth-order valence-corrected chi connectivity index (χ4v) is 3.33. The van der Waals surface area contributed by atoms with Crippen LogP contribution in [0, 0.1) is 0 Å². The predicted octanol–water partition coefficient (Wildman–Crippen LogP) is 0.893. The zero-order chi connectivity index (χ0) is 17.8. The van der Waals surface area contributed by atoms with E-state index in [-0.39, 0.29) is 25.0 Å². The van der Waals surface area contributed by atoms with Crippen molar-refractivity contribution in [3.05, 3.63) is 0 Å². The van der Waals surface area contributed by atoms with E-state index in [4.69, 9.17) is 10.2 Å². The van der Waals surface area contributed by atoms with E-state index in [1.54, 1.807) is 0 Å². The Morgan fingerprint density at radius 2 is 1.29 bits per heavy atom. The molecule has 1 rings (SSSR count). The molecule has 1 aliphatic heterocycles. The van der Waals surface area contributed by atoms with Gasteiger partial charge in [0.05, 0.1) is 24.9 Å². The second kappa shape index (κ2) is 12.8. The average Bonchev–Trinajstić information content (AvgIpc) is 2.86. The van der Waals surface area contributed by atoms with Crippen molar-refractivity contribution in [3.8, 4) is 0 Å². The fourth-order valence-electron chi connectivity index (χ4n) is 3.33. The molecule has 6 heteroatoms. The number of aliphatic hydroxyl groups excluding tert-OH is 4. The van der Waals surface area contributed by atoms with Crippen molar-refractivity contribution in [1.29, 1.82) is 0 Å². The van der Waals surface area contributed by atoms with Gasteiger partial charge in [-0.1, -0.05) is 38.5 Å². The van der Waals surface area contributed by atoms with Gasteiger partial charge in [0.25, 0.3) is 0 Å². The van der Waals surface area contributed by atoms with Crippen molar-refractivity contribution in [2.24, 2.45) is 0 Å². The Bertz CT molecular complexity index is 339. The van der Waals surface area contributed by atoms with Crippen LogP contribution in [0.5, 0.6) is 0 Å². The van der Waals surface area contributed by atoms with Gasteiger partial charge >= 0.3 is 0 Å². The minimum Gasteiger partial charge on any atom is -0.396 e. The van der Waals surface area contributed by atoms with Gasteiger partial charge in [0.15, 0.2) is 0 Å². The number of hydrogen-bond donors (Lipinski definition) is 5. The molecule has 5 N–H and O–H groups in total. The predicted molar refractivity (Wildman–Crippen MR) is 92.7 cm³/mol. The molecule has 0 unspecified atom stereocenters. The summed E-state index contributed by atoms with van der Waals surface area (Å²) < 4.78 is 0. The summed E-state index contributed by atoms with van der Waals surface area (Å²) in [4.78, 5) is 11.4. The van der Waals surface area contributed by atoms with Crippen LogP contribution in [-0.2, 0) is 4.79 Å². The zero-order valence-corrected chi connectivity index (χ0v) is 14.7. The lowest BCUT2D eigenvalue weighted by Crippen LogP contribution is -2.36. The Morgan fingerprint density at radius 3 is 1.88 bits per heavy atom.